The molecule has 1 aliphatic carbocycles. The number of nitrogens with two attached hydrogens (primary N) is 1. The number of carboxylic acid groups (broad SMARTS) is 2. The van der Waals surface area contributed by atoms with Gasteiger partial charge in [-0.15, -0.1) is 0 Å². The molecular weight excluding hydrogens is 323 g/mol. The SMILES string of the molecule is N#Cc1ccc(C2(N)CCCC(O)C2=O)c(F)c1.O=C(O)C(=O)O. The third-order valence-electron chi connectivity index (χ3n) is 3.55. The van der Waals surface area contributed by atoms with E-state index in [1.54, 1.807) is 0 Å². The number of aliphatic hydroxyl groups is 1. The van der Waals surface area contributed by atoms with Crippen molar-refractivity contribution in [3.63, 3.8) is 0 Å². The van der Waals surface area contributed by atoms with E-state index in [0.29, 0.717) is 19.3 Å². The summed E-state index contributed by atoms with van der Waals surface area (Å²) in [4.78, 5) is 30.1. The van der Waals surface area contributed by atoms with E-state index in [0.717, 1.165) is 6.07 Å². The number of nitrogens with zero attached hydrogens (tertiary/aromatic N) is 1. The van der Waals surface area contributed by atoms with Crippen molar-refractivity contribution in [1.82, 2.24) is 0 Å². The summed E-state index contributed by atoms with van der Waals surface area (Å²) in [5, 5.41) is 33.0. The first-order valence-electron chi connectivity index (χ1n) is 6.81. The molecule has 0 aliphatic heterocycles. The van der Waals surface area contributed by atoms with E-state index in [9.17, 15) is 14.3 Å². The number of carbonyl (C=O) groups excluding carboxylic acids is 1. The van der Waals surface area contributed by atoms with E-state index in [2.05, 4.69) is 0 Å². The first-order chi connectivity index (χ1) is 11.1. The van der Waals surface area contributed by atoms with Crippen LogP contribution in [-0.2, 0) is 19.9 Å². The van der Waals surface area contributed by atoms with Gasteiger partial charge >= 0.3 is 11.9 Å². The highest BCUT2D eigenvalue weighted by atomic mass is 19.1. The van der Waals surface area contributed by atoms with Gasteiger partial charge in [-0.1, -0.05) is 6.07 Å². The van der Waals surface area contributed by atoms with Gasteiger partial charge < -0.3 is 21.1 Å². The standard InChI is InChI=1S/C13H13FN2O2.C2H2O4/c14-10-6-8(7-15)3-4-9(10)13(16)5-1-2-11(17)12(13)18;3-1(4)2(5)6/h3-4,6,11,17H,1-2,5,16H2;(H,3,4)(H,5,6). The van der Waals surface area contributed by atoms with Gasteiger partial charge in [0, 0.05) is 5.56 Å². The van der Waals surface area contributed by atoms with Crippen molar-refractivity contribution in [2.75, 3.05) is 0 Å². The molecule has 0 bridgehead atoms. The minimum Gasteiger partial charge on any atom is -0.473 e. The fraction of sp³-hybridized carbons (Fsp3) is 0.333. The number of hydrogen-bond donors (Lipinski definition) is 4. The topological polar surface area (TPSA) is 162 Å². The largest absolute Gasteiger partial charge is 0.473 e. The average molecular weight is 338 g/mol. The Morgan fingerprint density at radius 1 is 1.33 bits per heavy atom. The van der Waals surface area contributed by atoms with Gasteiger partial charge in [0.1, 0.15) is 17.5 Å². The summed E-state index contributed by atoms with van der Waals surface area (Å²) in [6.45, 7) is 0. The number of halogens is 1. The number of rotatable bonds is 1. The predicted octanol–water partition coefficient (Wildman–Crippen LogP) is 0.121. The van der Waals surface area contributed by atoms with Crippen molar-refractivity contribution in [2.24, 2.45) is 5.73 Å². The van der Waals surface area contributed by atoms with Crippen molar-refractivity contribution < 1.29 is 34.1 Å². The molecule has 2 atom stereocenters. The van der Waals surface area contributed by atoms with E-state index in [1.807, 2.05) is 6.07 Å². The van der Waals surface area contributed by atoms with Gasteiger partial charge in [-0.05, 0) is 31.4 Å². The van der Waals surface area contributed by atoms with Crippen LogP contribution in [0.15, 0.2) is 18.2 Å². The Bertz CT molecular complexity index is 702. The zero-order valence-electron chi connectivity index (χ0n) is 12.4. The molecule has 0 heterocycles. The molecule has 1 aliphatic rings. The maximum Gasteiger partial charge on any atom is 0.414 e. The molecular formula is C15H15FN2O6. The fourth-order valence-corrected chi connectivity index (χ4v) is 2.34. The highest BCUT2D eigenvalue weighted by Crippen LogP contribution is 2.33. The average Bonchev–Trinajstić information content (AvgIpc) is 2.52. The molecule has 0 saturated heterocycles. The Morgan fingerprint density at radius 3 is 2.38 bits per heavy atom. The molecule has 2 unspecified atom stereocenters. The molecule has 2 rings (SSSR count). The molecule has 24 heavy (non-hydrogen) atoms. The number of aliphatic carboxylic acids is 2. The number of ketones is 1. The van der Waals surface area contributed by atoms with Gasteiger partial charge in [0.15, 0.2) is 5.78 Å². The molecule has 0 spiro atoms. The monoisotopic (exact) mass is 338 g/mol. The van der Waals surface area contributed by atoms with Crippen molar-refractivity contribution in [2.45, 2.75) is 30.9 Å². The molecule has 1 aromatic carbocycles. The lowest BCUT2D eigenvalue weighted by Crippen LogP contribution is -2.53. The first-order valence-corrected chi connectivity index (χ1v) is 6.81. The van der Waals surface area contributed by atoms with Crippen molar-refractivity contribution in [3.8, 4) is 6.07 Å². The number of nitriles is 1. The number of Topliss-reactive ketones (excluding diaryl/α,β-unsaturated/α-hetero) is 1. The molecule has 1 aromatic rings. The lowest BCUT2D eigenvalue weighted by atomic mass is 9.75. The van der Waals surface area contributed by atoms with Crippen LogP contribution < -0.4 is 5.73 Å². The Labute approximate surface area is 135 Å². The predicted molar refractivity (Wildman–Crippen MR) is 77.1 cm³/mol. The first kappa shape index (κ1) is 19.2. The third-order valence-corrected chi connectivity index (χ3v) is 3.55. The molecule has 9 heteroatoms. The van der Waals surface area contributed by atoms with Crippen LogP contribution in [0.25, 0.3) is 0 Å². The minimum absolute atomic E-state index is 0.0465. The number of benzene rings is 1. The van der Waals surface area contributed by atoms with Crippen molar-refractivity contribution in [3.05, 3.63) is 35.1 Å². The second kappa shape index (κ2) is 7.63. The van der Waals surface area contributed by atoms with Gasteiger partial charge in [0.05, 0.1) is 11.6 Å². The second-order valence-electron chi connectivity index (χ2n) is 5.16. The van der Waals surface area contributed by atoms with Crippen LogP contribution in [0.4, 0.5) is 4.39 Å². The number of hydrogen-bond acceptors (Lipinski definition) is 6. The highest BCUT2D eigenvalue weighted by Gasteiger charge is 2.43. The summed E-state index contributed by atoms with van der Waals surface area (Å²) < 4.78 is 13.9. The Morgan fingerprint density at radius 2 is 1.92 bits per heavy atom. The van der Waals surface area contributed by atoms with Crippen molar-refractivity contribution >= 4 is 17.7 Å². The summed E-state index contributed by atoms with van der Waals surface area (Å²) in [6, 6.07) is 5.64. The highest BCUT2D eigenvalue weighted by molar-refractivity contribution is 6.27. The van der Waals surface area contributed by atoms with E-state index in [-0.39, 0.29) is 11.1 Å². The molecule has 1 fully saturated rings. The number of carbonyl (C=O) groups is 3. The minimum atomic E-state index is -1.82. The summed E-state index contributed by atoms with van der Waals surface area (Å²) >= 11 is 0. The Balaban J connectivity index is 0.000000413. The van der Waals surface area contributed by atoms with Crippen LogP contribution in [0.3, 0.4) is 0 Å². The van der Waals surface area contributed by atoms with Crippen LogP contribution in [0.1, 0.15) is 30.4 Å². The summed E-state index contributed by atoms with van der Waals surface area (Å²) in [7, 11) is 0. The summed E-state index contributed by atoms with van der Waals surface area (Å²) in [5.74, 6) is -4.89. The summed E-state index contributed by atoms with van der Waals surface area (Å²) in [6.07, 6.45) is 0.0725. The van der Waals surface area contributed by atoms with Crippen LogP contribution in [0.5, 0.6) is 0 Å². The van der Waals surface area contributed by atoms with Gasteiger partial charge in [-0.25, -0.2) is 14.0 Å². The van der Waals surface area contributed by atoms with Gasteiger partial charge in [-0.2, -0.15) is 5.26 Å². The lowest BCUT2D eigenvalue weighted by molar-refractivity contribution is -0.159. The molecule has 5 N–H and O–H groups in total. The third kappa shape index (κ3) is 4.13. The van der Waals surface area contributed by atoms with E-state index in [4.69, 9.17) is 30.8 Å². The van der Waals surface area contributed by atoms with Gasteiger partial charge in [0.25, 0.3) is 0 Å². The maximum absolute atomic E-state index is 13.9. The molecule has 128 valence electrons. The lowest BCUT2D eigenvalue weighted by Gasteiger charge is -2.34. The zero-order valence-corrected chi connectivity index (χ0v) is 12.4. The maximum atomic E-state index is 13.9. The smallest absolute Gasteiger partial charge is 0.414 e. The number of aliphatic hydroxyl groups excluding tert-OH is 1. The van der Waals surface area contributed by atoms with Gasteiger partial charge in [0.2, 0.25) is 0 Å². The Kier molecular flexibility index (Phi) is 6.11. The summed E-state index contributed by atoms with van der Waals surface area (Å²) in [5.41, 5.74) is 4.70. The normalized spacial score (nSPS) is 22.8. The fourth-order valence-electron chi connectivity index (χ4n) is 2.34. The van der Waals surface area contributed by atoms with Gasteiger partial charge in [-0.3, -0.25) is 4.79 Å². The second-order valence-corrected chi connectivity index (χ2v) is 5.16. The molecule has 0 amide bonds. The van der Waals surface area contributed by atoms with Crippen LogP contribution >= 0.6 is 0 Å². The van der Waals surface area contributed by atoms with Crippen molar-refractivity contribution in [1.29, 1.82) is 5.26 Å². The van der Waals surface area contributed by atoms with Crippen LogP contribution in [0, 0.1) is 17.1 Å². The molecule has 8 nitrogen and oxygen atoms in total. The molecule has 1 saturated carbocycles. The van der Waals surface area contributed by atoms with E-state index in [1.165, 1.54) is 12.1 Å². The van der Waals surface area contributed by atoms with Crippen LogP contribution in [-0.4, -0.2) is 39.1 Å². The zero-order chi connectivity index (χ0) is 18.5. The van der Waals surface area contributed by atoms with E-state index >= 15 is 0 Å². The molecule has 0 radical (unpaired) electrons. The number of carboxylic acids is 2. The van der Waals surface area contributed by atoms with E-state index < -0.39 is 35.2 Å². The van der Waals surface area contributed by atoms with Crippen LogP contribution in [0.2, 0.25) is 0 Å². The quantitative estimate of drug-likeness (QED) is 0.525. The Hall–Kier alpha value is -2.83. The molecule has 0 aromatic heterocycles.